The molecule has 0 saturated carbocycles. The molecule has 0 heterocycles. The van der Waals surface area contributed by atoms with Gasteiger partial charge in [0.2, 0.25) is 0 Å². The summed E-state index contributed by atoms with van der Waals surface area (Å²) in [5.41, 5.74) is 0.108. The standard InChI is InChI=1S/C20H23Cl2FO2/c1-19(2,15-10-14(23)6-8-18(15)25-4)12-20(3,24)11-13-5-7-16(21)17(22)9-13/h5-10,24H,11-12H2,1-4H3. The summed E-state index contributed by atoms with van der Waals surface area (Å²) in [7, 11) is 1.56. The van der Waals surface area contributed by atoms with Gasteiger partial charge in [-0.2, -0.15) is 0 Å². The Bertz CT molecular complexity index is 757. The first-order valence-electron chi connectivity index (χ1n) is 8.04. The molecule has 0 fully saturated rings. The van der Waals surface area contributed by atoms with Crippen LogP contribution in [0.3, 0.4) is 0 Å². The second-order valence-electron chi connectivity index (χ2n) is 7.33. The molecule has 1 N–H and O–H groups in total. The van der Waals surface area contributed by atoms with E-state index in [1.54, 1.807) is 32.2 Å². The van der Waals surface area contributed by atoms with Gasteiger partial charge >= 0.3 is 0 Å². The van der Waals surface area contributed by atoms with Crippen LogP contribution in [0.25, 0.3) is 0 Å². The molecule has 0 amide bonds. The monoisotopic (exact) mass is 384 g/mol. The average Bonchev–Trinajstić information content (AvgIpc) is 2.49. The van der Waals surface area contributed by atoms with E-state index >= 15 is 0 Å². The molecule has 0 bridgehead atoms. The van der Waals surface area contributed by atoms with Crippen molar-refractivity contribution in [1.29, 1.82) is 0 Å². The predicted octanol–water partition coefficient (Wildman–Crippen LogP) is 5.80. The van der Waals surface area contributed by atoms with Crippen LogP contribution in [0.4, 0.5) is 4.39 Å². The molecule has 2 nitrogen and oxygen atoms in total. The van der Waals surface area contributed by atoms with E-state index in [9.17, 15) is 9.50 Å². The van der Waals surface area contributed by atoms with Crippen molar-refractivity contribution in [1.82, 2.24) is 0 Å². The van der Waals surface area contributed by atoms with Crippen LogP contribution in [-0.4, -0.2) is 17.8 Å². The van der Waals surface area contributed by atoms with Gasteiger partial charge in [0.15, 0.2) is 0 Å². The lowest BCUT2D eigenvalue weighted by Crippen LogP contribution is -2.36. The summed E-state index contributed by atoms with van der Waals surface area (Å²) in [5, 5.41) is 11.9. The Labute approximate surface area is 158 Å². The van der Waals surface area contributed by atoms with Gasteiger partial charge in [0, 0.05) is 12.0 Å². The summed E-state index contributed by atoms with van der Waals surface area (Å²) in [6.07, 6.45) is 0.824. The number of aliphatic hydroxyl groups is 1. The Morgan fingerprint density at radius 1 is 1.04 bits per heavy atom. The summed E-state index contributed by atoms with van der Waals surface area (Å²) in [6.45, 7) is 5.70. The maximum absolute atomic E-state index is 13.7. The quantitative estimate of drug-likeness (QED) is 0.681. The van der Waals surface area contributed by atoms with Gasteiger partial charge in [-0.05, 0) is 54.7 Å². The minimum Gasteiger partial charge on any atom is -0.496 e. The van der Waals surface area contributed by atoms with Crippen LogP contribution in [-0.2, 0) is 11.8 Å². The largest absolute Gasteiger partial charge is 0.496 e. The lowest BCUT2D eigenvalue weighted by molar-refractivity contribution is 0.0312. The van der Waals surface area contributed by atoms with Crippen LogP contribution in [0, 0.1) is 5.82 Å². The number of methoxy groups -OCH3 is 1. The molecular formula is C20H23Cl2FO2. The third-order valence-electron chi connectivity index (χ3n) is 4.28. The van der Waals surface area contributed by atoms with Gasteiger partial charge in [-0.25, -0.2) is 4.39 Å². The van der Waals surface area contributed by atoms with Crippen LogP contribution >= 0.6 is 23.2 Å². The highest BCUT2D eigenvalue weighted by Crippen LogP contribution is 2.39. The van der Waals surface area contributed by atoms with E-state index in [4.69, 9.17) is 27.9 Å². The van der Waals surface area contributed by atoms with Crippen molar-refractivity contribution < 1.29 is 14.2 Å². The van der Waals surface area contributed by atoms with Crippen LogP contribution in [0.15, 0.2) is 36.4 Å². The molecule has 0 saturated heterocycles. The van der Waals surface area contributed by atoms with Crippen LogP contribution in [0.5, 0.6) is 5.75 Å². The predicted molar refractivity (Wildman–Crippen MR) is 101 cm³/mol. The van der Waals surface area contributed by atoms with Crippen molar-refractivity contribution in [3.05, 3.63) is 63.4 Å². The van der Waals surface area contributed by atoms with Gasteiger partial charge < -0.3 is 9.84 Å². The molecule has 1 unspecified atom stereocenters. The SMILES string of the molecule is COc1ccc(F)cc1C(C)(C)CC(C)(O)Cc1ccc(Cl)c(Cl)c1. The Morgan fingerprint density at radius 3 is 2.32 bits per heavy atom. The maximum atomic E-state index is 13.7. The number of halogens is 3. The Kier molecular flexibility index (Phi) is 6.03. The third-order valence-corrected chi connectivity index (χ3v) is 5.02. The summed E-state index contributed by atoms with van der Waals surface area (Å²) in [4.78, 5) is 0. The van der Waals surface area contributed by atoms with Gasteiger partial charge in [-0.15, -0.1) is 0 Å². The van der Waals surface area contributed by atoms with Gasteiger partial charge in [-0.1, -0.05) is 43.1 Å². The molecule has 1 atom stereocenters. The van der Waals surface area contributed by atoms with Gasteiger partial charge in [0.05, 0.1) is 22.8 Å². The smallest absolute Gasteiger partial charge is 0.123 e. The van der Waals surface area contributed by atoms with Crippen molar-refractivity contribution >= 4 is 23.2 Å². The van der Waals surface area contributed by atoms with Gasteiger partial charge in [-0.3, -0.25) is 0 Å². The van der Waals surface area contributed by atoms with Gasteiger partial charge in [0.25, 0.3) is 0 Å². The van der Waals surface area contributed by atoms with E-state index in [0.717, 1.165) is 11.1 Å². The summed E-state index contributed by atoms with van der Waals surface area (Å²) < 4.78 is 19.1. The van der Waals surface area contributed by atoms with Crippen molar-refractivity contribution in [3.63, 3.8) is 0 Å². The molecule has 5 heteroatoms. The molecule has 25 heavy (non-hydrogen) atoms. The number of hydrogen-bond donors (Lipinski definition) is 1. The molecule has 2 aromatic carbocycles. The molecule has 0 spiro atoms. The van der Waals surface area contributed by atoms with E-state index in [0.29, 0.717) is 28.6 Å². The maximum Gasteiger partial charge on any atom is 0.123 e. The van der Waals surface area contributed by atoms with E-state index in [-0.39, 0.29) is 5.82 Å². The van der Waals surface area contributed by atoms with Crippen molar-refractivity contribution in [2.24, 2.45) is 0 Å². The first-order valence-corrected chi connectivity index (χ1v) is 8.80. The lowest BCUT2D eigenvalue weighted by atomic mass is 9.74. The minimum atomic E-state index is -1.02. The van der Waals surface area contributed by atoms with E-state index in [1.165, 1.54) is 12.1 Å². The number of hydrogen-bond acceptors (Lipinski definition) is 2. The molecule has 0 aliphatic heterocycles. The minimum absolute atomic E-state index is 0.326. The van der Waals surface area contributed by atoms with Crippen molar-refractivity contribution in [3.8, 4) is 5.75 Å². The average molecular weight is 385 g/mol. The zero-order chi connectivity index (χ0) is 18.8. The summed E-state index contributed by atoms with van der Waals surface area (Å²) in [6, 6.07) is 9.77. The highest BCUT2D eigenvalue weighted by Gasteiger charge is 2.34. The van der Waals surface area contributed by atoms with E-state index < -0.39 is 11.0 Å². The van der Waals surface area contributed by atoms with Crippen LogP contribution in [0.1, 0.15) is 38.3 Å². The van der Waals surface area contributed by atoms with Crippen LogP contribution < -0.4 is 4.74 Å². The number of ether oxygens (including phenoxy) is 1. The normalized spacial score (nSPS) is 14.2. The zero-order valence-corrected chi connectivity index (χ0v) is 16.4. The van der Waals surface area contributed by atoms with Gasteiger partial charge in [0.1, 0.15) is 11.6 Å². The molecule has 2 aromatic rings. The molecular weight excluding hydrogens is 362 g/mol. The Hall–Kier alpha value is -1.29. The summed E-state index contributed by atoms with van der Waals surface area (Å²) >= 11 is 12.0. The second kappa shape index (κ2) is 7.53. The lowest BCUT2D eigenvalue weighted by Gasteiger charge is -2.35. The molecule has 136 valence electrons. The zero-order valence-electron chi connectivity index (χ0n) is 14.9. The highest BCUT2D eigenvalue weighted by molar-refractivity contribution is 6.42. The highest BCUT2D eigenvalue weighted by atomic mass is 35.5. The fourth-order valence-electron chi connectivity index (χ4n) is 3.41. The number of rotatable bonds is 6. The fourth-order valence-corrected chi connectivity index (χ4v) is 3.73. The van der Waals surface area contributed by atoms with E-state index in [2.05, 4.69) is 0 Å². The molecule has 0 aliphatic rings. The first-order chi connectivity index (χ1) is 11.5. The number of benzene rings is 2. The topological polar surface area (TPSA) is 29.5 Å². The second-order valence-corrected chi connectivity index (χ2v) is 8.14. The molecule has 0 aliphatic carbocycles. The summed E-state index contributed by atoms with van der Waals surface area (Å²) in [5.74, 6) is 0.282. The van der Waals surface area contributed by atoms with Crippen molar-refractivity contribution in [2.45, 2.75) is 44.6 Å². The molecule has 0 radical (unpaired) electrons. The van der Waals surface area contributed by atoms with Crippen molar-refractivity contribution in [2.75, 3.05) is 7.11 Å². The van der Waals surface area contributed by atoms with E-state index in [1.807, 2.05) is 19.9 Å². The molecule has 0 aromatic heterocycles. The Balaban J connectivity index is 2.25. The first kappa shape index (κ1) is 20.0. The van der Waals surface area contributed by atoms with Crippen LogP contribution in [0.2, 0.25) is 10.0 Å². The Morgan fingerprint density at radius 2 is 1.72 bits per heavy atom. The fraction of sp³-hybridized carbons (Fsp3) is 0.400. The molecule has 2 rings (SSSR count). The third kappa shape index (κ3) is 5.10.